The zero-order valence-electron chi connectivity index (χ0n) is 10.7. The second-order valence-corrected chi connectivity index (χ2v) is 4.99. The van der Waals surface area contributed by atoms with Crippen molar-refractivity contribution in [3.8, 4) is 0 Å². The number of carboxylic acids is 1. The minimum absolute atomic E-state index is 0.127. The molecule has 0 aromatic heterocycles. The van der Waals surface area contributed by atoms with Gasteiger partial charge in [0.25, 0.3) is 0 Å². The Hall–Kier alpha value is -1.75. The van der Waals surface area contributed by atoms with Crippen LogP contribution in [0, 0.1) is 0 Å². The minimum Gasteiger partial charge on any atom is -0.481 e. The normalized spacial score (nSPS) is 16.8. The standard InChI is InChI=1S/C13H19N3O2/c1-16(2)11-6-4-3-5-10(11)15-13(7-12(17)18)8-14-9-13/h3-6,14-15H,7-9H2,1-2H3,(H,17,18). The number of carbonyl (C=O) groups is 1. The van der Waals surface area contributed by atoms with Crippen molar-refractivity contribution < 1.29 is 9.90 Å². The van der Waals surface area contributed by atoms with Crippen LogP contribution in [-0.2, 0) is 4.79 Å². The lowest BCUT2D eigenvalue weighted by atomic mass is 9.88. The predicted octanol–water partition coefficient (Wildman–Crippen LogP) is 0.981. The Kier molecular flexibility index (Phi) is 3.43. The van der Waals surface area contributed by atoms with E-state index in [1.54, 1.807) is 0 Å². The summed E-state index contributed by atoms with van der Waals surface area (Å²) in [6, 6.07) is 7.93. The van der Waals surface area contributed by atoms with Crippen LogP contribution in [0.25, 0.3) is 0 Å². The summed E-state index contributed by atoms with van der Waals surface area (Å²) >= 11 is 0. The van der Waals surface area contributed by atoms with Crippen LogP contribution in [-0.4, -0.2) is 43.8 Å². The van der Waals surface area contributed by atoms with Crippen molar-refractivity contribution in [1.82, 2.24) is 5.32 Å². The van der Waals surface area contributed by atoms with Crippen molar-refractivity contribution in [2.45, 2.75) is 12.0 Å². The molecule has 0 unspecified atom stereocenters. The number of rotatable bonds is 5. The van der Waals surface area contributed by atoms with Crippen LogP contribution in [0.3, 0.4) is 0 Å². The first-order valence-corrected chi connectivity index (χ1v) is 5.99. The van der Waals surface area contributed by atoms with Crippen molar-refractivity contribution in [1.29, 1.82) is 0 Å². The SMILES string of the molecule is CN(C)c1ccccc1NC1(CC(=O)O)CNC1. The number of aliphatic carboxylic acids is 1. The lowest BCUT2D eigenvalue weighted by Crippen LogP contribution is -2.65. The predicted molar refractivity (Wildman–Crippen MR) is 72.2 cm³/mol. The molecule has 2 rings (SSSR count). The highest BCUT2D eigenvalue weighted by Gasteiger charge is 2.39. The molecule has 1 aliphatic heterocycles. The molecule has 98 valence electrons. The van der Waals surface area contributed by atoms with Gasteiger partial charge in [-0.15, -0.1) is 0 Å². The van der Waals surface area contributed by atoms with Crippen molar-refractivity contribution in [3.05, 3.63) is 24.3 Å². The summed E-state index contributed by atoms with van der Waals surface area (Å²) in [5, 5.41) is 15.5. The van der Waals surface area contributed by atoms with E-state index >= 15 is 0 Å². The molecular weight excluding hydrogens is 230 g/mol. The van der Waals surface area contributed by atoms with Gasteiger partial charge in [-0.05, 0) is 12.1 Å². The topological polar surface area (TPSA) is 64.6 Å². The fourth-order valence-electron chi connectivity index (χ4n) is 2.23. The van der Waals surface area contributed by atoms with E-state index in [1.165, 1.54) is 0 Å². The van der Waals surface area contributed by atoms with E-state index in [1.807, 2.05) is 43.3 Å². The Morgan fingerprint density at radius 3 is 2.61 bits per heavy atom. The van der Waals surface area contributed by atoms with Gasteiger partial charge in [0.15, 0.2) is 0 Å². The van der Waals surface area contributed by atoms with Gasteiger partial charge in [0.2, 0.25) is 0 Å². The third-order valence-corrected chi connectivity index (χ3v) is 3.20. The molecule has 0 spiro atoms. The first-order chi connectivity index (χ1) is 8.52. The number of anilines is 2. The number of hydrogen-bond donors (Lipinski definition) is 3. The summed E-state index contributed by atoms with van der Waals surface area (Å²) in [6.45, 7) is 1.36. The summed E-state index contributed by atoms with van der Waals surface area (Å²) in [4.78, 5) is 13.0. The molecule has 0 radical (unpaired) electrons. The number of benzene rings is 1. The highest BCUT2D eigenvalue weighted by Crippen LogP contribution is 2.29. The highest BCUT2D eigenvalue weighted by atomic mass is 16.4. The quantitative estimate of drug-likeness (QED) is 0.726. The fraction of sp³-hybridized carbons (Fsp3) is 0.462. The van der Waals surface area contributed by atoms with E-state index in [9.17, 15) is 4.79 Å². The first-order valence-electron chi connectivity index (χ1n) is 5.99. The molecule has 0 saturated carbocycles. The van der Waals surface area contributed by atoms with Gasteiger partial charge in [0.05, 0.1) is 23.3 Å². The molecule has 1 fully saturated rings. The van der Waals surface area contributed by atoms with Crippen LogP contribution in [0.4, 0.5) is 11.4 Å². The van der Waals surface area contributed by atoms with Gasteiger partial charge < -0.3 is 20.6 Å². The molecule has 0 amide bonds. The molecule has 0 bridgehead atoms. The van der Waals surface area contributed by atoms with Gasteiger partial charge >= 0.3 is 5.97 Å². The molecule has 1 heterocycles. The lowest BCUT2D eigenvalue weighted by molar-refractivity contribution is -0.138. The van der Waals surface area contributed by atoms with Gasteiger partial charge in [-0.2, -0.15) is 0 Å². The van der Waals surface area contributed by atoms with Crippen molar-refractivity contribution in [3.63, 3.8) is 0 Å². The maximum atomic E-state index is 10.9. The maximum Gasteiger partial charge on any atom is 0.305 e. The average Bonchev–Trinajstić information content (AvgIpc) is 2.26. The monoisotopic (exact) mass is 249 g/mol. The van der Waals surface area contributed by atoms with E-state index in [-0.39, 0.29) is 12.0 Å². The summed E-state index contributed by atoms with van der Waals surface area (Å²) in [7, 11) is 3.95. The summed E-state index contributed by atoms with van der Waals surface area (Å²) in [5.74, 6) is -0.772. The number of para-hydroxylation sites is 2. The molecule has 0 atom stereocenters. The Morgan fingerprint density at radius 1 is 1.44 bits per heavy atom. The van der Waals surface area contributed by atoms with Crippen LogP contribution in [0.5, 0.6) is 0 Å². The second-order valence-electron chi connectivity index (χ2n) is 4.99. The summed E-state index contributed by atoms with van der Waals surface area (Å²) in [6.07, 6.45) is 0.127. The molecule has 5 nitrogen and oxygen atoms in total. The minimum atomic E-state index is -0.772. The Balaban J connectivity index is 2.19. The van der Waals surface area contributed by atoms with Gasteiger partial charge in [0.1, 0.15) is 0 Å². The summed E-state index contributed by atoms with van der Waals surface area (Å²) in [5.41, 5.74) is 1.68. The van der Waals surface area contributed by atoms with Crippen LogP contribution < -0.4 is 15.5 Å². The number of nitrogens with one attached hydrogen (secondary N) is 2. The molecule has 18 heavy (non-hydrogen) atoms. The zero-order chi connectivity index (χ0) is 13.2. The molecule has 1 aliphatic rings. The van der Waals surface area contributed by atoms with E-state index in [0.717, 1.165) is 11.4 Å². The summed E-state index contributed by atoms with van der Waals surface area (Å²) < 4.78 is 0. The largest absolute Gasteiger partial charge is 0.481 e. The molecule has 3 N–H and O–H groups in total. The molecular formula is C13H19N3O2. The Bertz CT molecular complexity index is 442. The Morgan fingerprint density at radius 2 is 2.11 bits per heavy atom. The van der Waals surface area contributed by atoms with Gasteiger partial charge in [0, 0.05) is 27.2 Å². The van der Waals surface area contributed by atoms with Crippen molar-refractivity contribution in [2.24, 2.45) is 0 Å². The zero-order valence-corrected chi connectivity index (χ0v) is 10.7. The van der Waals surface area contributed by atoms with Crippen molar-refractivity contribution in [2.75, 3.05) is 37.4 Å². The number of hydrogen-bond acceptors (Lipinski definition) is 4. The maximum absolute atomic E-state index is 10.9. The molecule has 5 heteroatoms. The molecule has 1 aromatic rings. The van der Waals surface area contributed by atoms with Gasteiger partial charge in [-0.1, -0.05) is 12.1 Å². The van der Waals surface area contributed by atoms with Gasteiger partial charge in [-0.3, -0.25) is 4.79 Å². The van der Waals surface area contributed by atoms with Crippen LogP contribution in [0.2, 0.25) is 0 Å². The van der Waals surface area contributed by atoms with Gasteiger partial charge in [-0.25, -0.2) is 0 Å². The van der Waals surface area contributed by atoms with E-state index in [4.69, 9.17) is 5.11 Å². The van der Waals surface area contributed by atoms with Crippen LogP contribution in [0.15, 0.2) is 24.3 Å². The third kappa shape index (κ3) is 2.56. The van der Waals surface area contributed by atoms with E-state index < -0.39 is 5.97 Å². The molecule has 0 aliphatic carbocycles. The Labute approximate surface area is 107 Å². The van der Waals surface area contributed by atoms with E-state index in [0.29, 0.717) is 13.1 Å². The first kappa shape index (κ1) is 12.7. The molecule has 1 saturated heterocycles. The average molecular weight is 249 g/mol. The number of carboxylic acid groups (broad SMARTS) is 1. The highest BCUT2D eigenvalue weighted by molar-refractivity contribution is 5.74. The van der Waals surface area contributed by atoms with Crippen LogP contribution >= 0.6 is 0 Å². The lowest BCUT2D eigenvalue weighted by Gasteiger charge is -2.43. The van der Waals surface area contributed by atoms with Crippen molar-refractivity contribution >= 4 is 17.3 Å². The van der Waals surface area contributed by atoms with Crippen LogP contribution in [0.1, 0.15) is 6.42 Å². The van der Waals surface area contributed by atoms with E-state index in [2.05, 4.69) is 10.6 Å². The second kappa shape index (κ2) is 4.86. The molecule has 1 aromatic carbocycles. The number of nitrogens with zero attached hydrogens (tertiary/aromatic N) is 1. The third-order valence-electron chi connectivity index (χ3n) is 3.20. The smallest absolute Gasteiger partial charge is 0.305 e. The fourth-order valence-corrected chi connectivity index (χ4v) is 2.23.